The number of rotatable bonds is 2. The van der Waals surface area contributed by atoms with Crippen LogP contribution in [-0.2, 0) is 6.54 Å². The van der Waals surface area contributed by atoms with E-state index in [1.54, 1.807) is 6.20 Å². The highest BCUT2D eigenvalue weighted by Gasteiger charge is 2.21. The van der Waals surface area contributed by atoms with Gasteiger partial charge in [0.1, 0.15) is 0 Å². The van der Waals surface area contributed by atoms with Gasteiger partial charge in [0, 0.05) is 18.9 Å². The Kier molecular flexibility index (Phi) is 2.39. The summed E-state index contributed by atoms with van der Waals surface area (Å²) in [4.78, 5) is 3.94. The predicted molar refractivity (Wildman–Crippen MR) is 46.6 cm³/mol. The molecule has 0 radical (unpaired) electrons. The number of anilines is 1. The van der Waals surface area contributed by atoms with Crippen molar-refractivity contribution in [2.45, 2.75) is 19.4 Å². The maximum Gasteiger partial charge on any atom is 0.200 e. The molecule has 2 N–H and O–H groups in total. The first-order chi connectivity index (χ1) is 4.86. The highest BCUT2D eigenvalue weighted by molar-refractivity contribution is 5.85. The van der Waals surface area contributed by atoms with Gasteiger partial charge in [0.25, 0.3) is 0 Å². The van der Waals surface area contributed by atoms with Crippen molar-refractivity contribution in [3.8, 4) is 0 Å². The predicted octanol–water partition coefficient (Wildman–Crippen LogP) is 1.30. The molecule has 0 amide bonds. The van der Waals surface area contributed by atoms with E-state index in [1.165, 1.54) is 12.8 Å². The van der Waals surface area contributed by atoms with E-state index >= 15 is 0 Å². The lowest BCUT2D eigenvalue weighted by molar-refractivity contribution is 0.635. The average Bonchev–Trinajstić information content (AvgIpc) is 2.62. The lowest BCUT2D eigenvalue weighted by Gasteiger charge is -2.00. The van der Waals surface area contributed by atoms with Crippen LogP contribution >= 0.6 is 12.4 Å². The van der Waals surface area contributed by atoms with Gasteiger partial charge in [-0.2, -0.15) is 0 Å². The molecule has 1 fully saturated rings. The lowest BCUT2D eigenvalue weighted by atomic mass is 10.4. The van der Waals surface area contributed by atoms with Crippen LogP contribution in [0.1, 0.15) is 12.8 Å². The third-order valence-corrected chi connectivity index (χ3v) is 1.90. The molecule has 0 aliphatic heterocycles. The largest absolute Gasteiger partial charge is 0.369 e. The van der Waals surface area contributed by atoms with Gasteiger partial charge in [-0.1, -0.05) is 0 Å². The molecule has 0 unspecified atom stereocenters. The zero-order chi connectivity index (χ0) is 6.97. The molecule has 11 heavy (non-hydrogen) atoms. The van der Waals surface area contributed by atoms with Crippen LogP contribution in [0.2, 0.25) is 0 Å². The Morgan fingerprint density at radius 3 is 2.82 bits per heavy atom. The second-order valence-corrected chi connectivity index (χ2v) is 2.88. The van der Waals surface area contributed by atoms with Crippen LogP contribution < -0.4 is 5.73 Å². The summed E-state index contributed by atoms with van der Waals surface area (Å²) in [6, 6.07) is 0. The van der Waals surface area contributed by atoms with Gasteiger partial charge >= 0.3 is 0 Å². The smallest absolute Gasteiger partial charge is 0.200 e. The first-order valence-electron chi connectivity index (χ1n) is 3.63. The lowest BCUT2D eigenvalue weighted by Crippen LogP contribution is -2.03. The number of nitrogens with two attached hydrogens (primary N) is 1. The van der Waals surface area contributed by atoms with E-state index in [1.807, 2.05) is 10.8 Å². The summed E-state index contributed by atoms with van der Waals surface area (Å²) in [6.45, 7) is 1.06. The minimum atomic E-state index is 0. The minimum Gasteiger partial charge on any atom is -0.369 e. The number of nitrogens with zero attached hydrogens (tertiary/aromatic N) is 2. The number of aromatic nitrogens is 2. The molecular formula is C7H12ClN3. The third kappa shape index (κ3) is 1.87. The van der Waals surface area contributed by atoms with E-state index in [-0.39, 0.29) is 12.4 Å². The van der Waals surface area contributed by atoms with Gasteiger partial charge in [0.05, 0.1) is 0 Å². The summed E-state index contributed by atoms with van der Waals surface area (Å²) in [5.74, 6) is 1.52. The Labute approximate surface area is 72.0 Å². The number of hydrogen-bond donors (Lipinski definition) is 1. The molecule has 0 spiro atoms. The van der Waals surface area contributed by atoms with Crippen molar-refractivity contribution < 1.29 is 0 Å². The van der Waals surface area contributed by atoms with E-state index in [0.717, 1.165) is 12.5 Å². The van der Waals surface area contributed by atoms with Gasteiger partial charge in [-0.15, -0.1) is 12.4 Å². The maximum atomic E-state index is 5.57. The van der Waals surface area contributed by atoms with E-state index in [9.17, 15) is 0 Å². The number of halogens is 1. The van der Waals surface area contributed by atoms with Crippen molar-refractivity contribution in [3.05, 3.63) is 12.4 Å². The van der Waals surface area contributed by atoms with Crippen LogP contribution in [0.25, 0.3) is 0 Å². The van der Waals surface area contributed by atoms with Gasteiger partial charge in [-0.25, -0.2) is 4.98 Å². The molecule has 0 bridgehead atoms. The molecular weight excluding hydrogens is 162 g/mol. The zero-order valence-corrected chi connectivity index (χ0v) is 7.05. The summed E-state index contributed by atoms with van der Waals surface area (Å²) in [6.07, 6.45) is 6.40. The fraction of sp³-hybridized carbons (Fsp3) is 0.571. The van der Waals surface area contributed by atoms with Crippen LogP contribution in [-0.4, -0.2) is 9.55 Å². The fourth-order valence-corrected chi connectivity index (χ4v) is 1.07. The van der Waals surface area contributed by atoms with Crippen molar-refractivity contribution in [3.63, 3.8) is 0 Å². The fourth-order valence-electron chi connectivity index (χ4n) is 1.07. The molecule has 2 rings (SSSR count). The standard InChI is InChI=1S/C7H11N3.ClH/c8-7-9-3-4-10(7)5-6-1-2-6;/h3-4,6H,1-2,5H2,(H2,8,9);1H. The molecule has 0 aromatic carbocycles. The summed E-state index contributed by atoms with van der Waals surface area (Å²) in [7, 11) is 0. The van der Waals surface area contributed by atoms with Crippen LogP contribution in [0.15, 0.2) is 12.4 Å². The first kappa shape index (κ1) is 8.40. The van der Waals surface area contributed by atoms with E-state index in [4.69, 9.17) is 5.73 Å². The van der Waals surface area contributed by atoms with Crippen LogP contribution in [0.4, 0.5) is 5.95 Å². The SMILES string of the molecule is Cl.Nc1nccn1CC1CC1. The molecule has 1 aliphatic carbocycles. The molecule has 1 aromatic rings. The van der Waals surface area contributed by atoms with E-state index in [2.05, 4.69) is 4.98 Å². The van der Waals surface area contributed by atoms with Crippen LogP contribution in [0, 0.1) is 5.92 Å². The summed E-state index contributed by atoms with van der Waals surface area (Å²) in [5, 5.41) is 0. The van der Waals surface area contributed by atoms with Gasteiger partial charge in [0.2, 0.25) is 0 Å². The van der Waals surface area contributed by atoms with E-state index in [0.29, 0.717) is 5.95 Å². The minimum absolute atomic E-state index is 0. The Bertz CT molecular complexity index is 229. The first-order valence-corrected chi connectivity index (χ1v) is 3.63. The van der Waals surface area contributed by atoms with Crippen molar-refractivity contribution in [1.82, 2.24) is 9.55 Å². The van der Waals surface area contributed by atoms with Crippen molar-refractivity contribution >= 4 is 18.4 Å². The maximum absolute atomic E-state index is 5.57. The number of nitrogen functional groups attached to an aromatic ring is 1. The summed E-state index contributed by atoms with van der Waals surface area (Å²) >= 11 is 0. The van der Waals surface area contributed by atoms with E-state index < -0.39 is 0 Å². The van der Waals surface area contributed by atoms with Crippen molar-refractivity contribution in [2.24, 2.45) is 5.92 Å². The van der Waals surface area contributed by atoms with Gasteiger partial charge in [-0.3, -0.25) is 0 Å². The Balaban J connectivity index is 0.000000605. The van der Waals surface area contributed by atoms with Gasteiger partial charge in [-0.05, 0) is 18.8 Å². The van der Waals surface area contributed by atoms with Crippen LogP contribution in [0.3, 0.4) is 0 Å². The van der Waals surface area contributed by atoms with Crippen LogP contribution in [0.5, 0.6) is 0 Å². The second-order valence-electron chi connectivity index (χ2n) is 2.88. The Morgan fingerprint density at radius 2 is 2.36 bits per heavy atom. The molecule has 4 heteroatoms. The second kappa shape index (κ2) is 3.13. The monoisotopic (exact) mass is 173 g/mol. The Morgan fingerprint density at radius 1 is 1.64 bits per heavy atom. The van der Waals surface area contributed by atoms with Crippen molar-refractivity contribution in [2.75, 3.05) is 5.73 Å². The zero-order valence-electron chi connectivity index (χ0n) is 6.23. The molecule has 1 aliphatic rings. The number of hydrogen-bond acceptors (Lipinski definition) is 2. The Hall–Kier alpha value is -0.700. The summed E-state index contributed by atoms with van der Waals surface area (Å²) < 4.78 is 2.01. The molecule has 1 heterocycles. The topological polar surface area (TPSA) is 43.8 Å². The molecule has 3 nitrogen and oxygen atoms in total. The summed E-state index contributed by atoms with van der Waals surface area (Å²) in [5.41, 5.74) is 5.57. The normalized spacial score (nSPS) is 16.0. The third-order valence-electron chi connectivity index (χ3n) is 1.90. The molecule has 1 aromatic heterocycles. The highest BCUT2D eigenvalue weighted by Crippen LogP contribution is 2.30. The molecule has 0 saturated heterocycles. The van der Waals surface area contributed by atoms with Gasteiger partial charge in [0.15, 0.2) is 5.95 Å². The quantitative estimate of drug-likeness (QED) is 0.733. The highest BCUT2D eigenvalue weighted by atomic mass is 35.5. The molecule has 0 atom stereocenters. The van der Waals surface area contributed by atoms with Gasteiger partial charge < -0.3 is 10.3 Å². The average molecular weight is 174 g/mol. The number of imidazole rings is 1. The molecule has 1 saturated carbocycles. The molecule has 62 valence electrons. The van der Waals surface area contributed by atoms with Crippen molar-refractivity contribution in [1.29, 1.82) is 0 Å².